The molecule has 1 aromatic carbocycles. The second-order valence-electron chi connectivity index (χ2n) is 5.78. The molecule has 2 rings (SSSR count). The van der Waals surface area contributed by atoms with E-state index in [1.807, 2.05) is 0 Å². The van der Waals surface area contributed by atoms with Gasteiger partial charge in [-0.2, -0.15) is 0 Å². The van der Waals surface area contributed by atoms with Gasteiger partial charge in [0.15, 0.2) is 0 Å². The van der Waals surface area contributed by atoms with Crippen molar-refractivity contribution in [3.8, 4) is 0 Å². The van der Waals surface area contributed by atoms with E-state index in [1.54, 1.807) is 31.2 Å². The number of carboxylic acids is 1. The summed E-state index contributed by atoms with van der Waals surface area (Å²) in [6.07, 6.45) is 3.51. The minimum atomic E-state index is -1.29. The number of benzene rings is 1. The van der Waals surface area contributed by atoms with E-state index in [1.165, 1.54) is 19.1 Å². The molecule has 0 saturated carbocycles. The second kappa shape index (κ2) is 7.16. The van der Waals surface area contributed by atoms with E-state index in [0.29, 0.717) is 5.56 Å². The molecule has 2 unspecified atom stereocenters. The van der Waals surface area contributed by atoms with Crippen molar-refractivity contribution < 1.29 is 24.3 Å². The molecule has 25 heavy (non-hydrogen) atoms. The van der Waals surface area contributed by atoms with Crippen LogP contribution in [0.5, 0.6) is 0 Å². The van der Waals surface area contributed by atoms with Crippen molar-refractivity contribution in [1.82, 2.24) is 16.0 Å². The number of amides is 4. The first kappa shape index (κ1) is 18.2. The molecule has 4 amide bonds. The van der Waals surface area contributed by atoms with E-state index in [2.05, 4.69) is 16.0 Å². The first-order valence-electron chi connectivity index (χ1n) is 7.67. The zero-order valence-corrected chi connectivity index (χ0v) is 13.8. The van der Waals surface area contributed by atoms with Crippen LogP contribution in [0.15, 0.2) is 36.4 Å². The van der Waals surface area contributed by atoms with Crippen LogP contribution in [0.25, 0.3) is 0 Å². The van der Waals surface area contributed by atoms with Crippen LogP contribution < -0.4 is 16.0 Å². The first-order valence-corrected chi connectivity index (χ1v) is 7.67. The number of allylic oxidation sites excluding steroid dienone is 1. The van der Waals surface area contributed by atoms with Crippen LogP contribution in [0.4, 0.5) is 4.79 Å². The third kappa shape index (κ3) is 3.85. The average Bonchev–Trinajstić information content (AvgIpc) is 2.84. The molecule has 0 radical (unpaired) electrons. The summed E-state index contributed by atoms with van der Waals surface area (Å²) in [6, 6.07) is 4.46. The molecule has 1 heterocycles. The maximum Gasteiger partial charge on any atom is 0.326 e. The van der Waals surface area contributed by atoms with Gasteiger partial charge in [-0.25, -0.2) is 9.59 Å². The van der Waals surface area contributed by atoms with E-state index in [-0.39, 0.29) is 12.0 Å². The molecule has 0 aromatic heterocycles. The Morgan fingerprint density at radius 2 is 2.08 bits per heavy atom. The Morgan fingerprint density at radius 3 is 2.64 bits per heavy atom. The minimum Gasteiger partial charge on any atom is -0.480 e. The van der Waals surface area contributed by atoms with Gasteiger partial charge in [0.05, 0.1) is 0 Å². The van der Waals surface area contributed by atoms with Crippen molar-refractivity contribution in [1.29, 1.82) is 0 Å². The highest BCUT2D eigenvalue weighted by atomic mass is 16.4. The Balaban J connectivity index is 2.23. The molecule has 0 spiro atoms. The first-order chi connectivity index (χ1) is 11.8. The molecule has 8 nitrogen and oxygen atoms in total. The summed E-state index contributed by atoms with van der Waals surface area (Å²) in [6.45, 7) is 3.28. The molecular weight excluding hydrogens is 326 g/mol. The van der Waals surface area contributed by atoms with Gasteiger partial charge >= 0.3 is 12.0 Å². The third-order valence-corrected chi connectivity index (χ3v) is 3.96. The number of carboxylic acid groups (broad SMARTS) is 1. The number of carbonyl (C=O) groups excluding carboxylic acids is 3. The van der Waals surface area contributed by atoms with E-state index in [9.17, 15) is 24.3 Å². The fourth-order valence-corrected chi connectivity index (χ4v) is 2.45. The monoisotopic (exact) mass is 345 g/mol. The number of imide groups is 1. The van der Waals surface area contributed by atoms with Crippen molar-refractivity contribution in [3.63, 3.8) is 0 Å². The fourth-order valence-electron chi connectivity index (χ4n) is 2.45. The van der Waals surface area contributed by atoms with Crippen molar-refractivity contribution in [3.05, 3.63) is 47.5 Å². The van der Waals surface area contributed by atoms with E-state index < -0.39 is 35.4 Å². The lowest BCUT2D eigenvalue weighted by Crippen LogP contribution is -2.42. The molecule has 4 N–H and O–H groups in total. The standard InChI is InChI=1S/C17H19N3O5/c1-3-4-8-12(14(22)23)18-13(21)10-6-5-7-11(9-10)17(2)15(24)19-16(25)20-17/h3-7,9,12H,8H2,1-2H3,(H,18,21)(H,22,23)(H2,19,20,24,25)/b4-3+. The number of aliphatic carboxylic acids is 1. The number of carbonyl (C=O) groups is 4. The summed E-state index contributed by atoms with van der Waals surface area (Å²) >= 11 is 0. The fraction of sp³-hybridized carbons (Fsp3) is 0.294. The molecule has 0 bridgehead atoms. The molecule has 0 aliphatic carbocycles. The average molecular weight is 345 g/mol. The lowest BCUT2D eigenvalue weighted by Gasteiger charge is -2.21. The lowest BCUT2D eigenvalue weighted by molar-refractivity contribution is -0.139. The summed E-state index contributed by atoms with van der Waals surface area (Å²) < 4.78 is 0. The third-order valence-electron chi connectivity index (χ3n) is 3.96. The number of rotatable bonds is 6. The van der Waals surface area contributed by atoms with Crippen LogP contribution in [-0.2, 0) is 15.1 Å². The van der Waals surface area contributed by atoms with Gasteiger partial charge in [0.2, 0.25) is 0 Å². The maximum absolute atomic E-state index is 12.4. The van der Waals surface area contributed by atoms with Crippen LogP contribution in [0.3, 0.4) is 0 Å². The Morgan fingerprint density at radius 1 is 1.36 bits per heavy atom. The van der Waals surface area contributed by atoms with Crippen LogP contribution in [-0.4, -0.2) is 35.0 Å². The zero-order valence-electron chi connectivity index (χ0n) is 13.8. The van der Waals surface area contributed by atoms with Gasteiger partial charge in [0.1, 0.15) is 11.6 Å². The molecule has 2 atom stereocenters. The predicted octanol–water partition coefficient (Wildman–Crippen LogP) is 0.890. The number of hydrogen-bond acceptors (Lipinski definition) is 4. The van der Waals surface area contributed by atoms with Gasteiger partial charge in [0, 0.05) is 5.56 Å². The van der Waals surface area contributed by atoms with Crippen molar-refractivity contribution >= 4 is 23.8 Å². The maximum atomic E-state index is 12.4. The Hall–Kier alpha value is -3.16. The molecule has 1 aliphatic rings. The van der Waals surface area contributed by atoms with Crippen molar-refractivity contribution in [2.45, 2.75) is 31.8 Å². The number of hydrogen-bond donors (Lipinski definition) is 4. The zero-order chi connectivity index (χ0) is 18.6. The molecule has 1 aliphatic heterocycles. The van der Waals surface area contributed by atoms with Gasteiger partial charge in [-0.1, -0.05) is 24.3 Å². The summed E-state index contributed by atoms with van der Waals surface area (Å²) in [7, 11) is 0. The number of urea groups is 1. The molecule has 8 heteroatoms. The van der Waals surface area contributed by atoms with Crippen LogP contribution in [0, 0.1) is 0 Å². The Bertz CT molecular complexity index is 758. The van der Waals surface area contributed by atoms with E-state index >= 15 is 0 Å². The molecular formula is C17H19N3O5. The van der Waals surface area contributed by atoms with Crippen LogP contribution >= 0.6 is 0 Å². The van der Waals surface area contributed by atoms with Gasteiger partial charge < -0.3 is 15.7 Å². The summed E-state index contributed by atoms with van der Waals surface area (Å²) in [4.78, 5) is 47.0. The van der Waals surface area contributed by atoms with E-state index in [0.717, 1.165) is 0 Å². The van der Waals surface area contributed by atoms with Crippen LogP contribution in [0.2, 0.25) is 0 Å². The normalized spacial score (nSPS) is 20.9. The molecule has 132 valence electrons. The lowest BCUT2D eigenvalue weighted by atomic mass is 9.91. The van der Waals surface area contributed by atoms with Crippen molar-refractivity contribution in [2.24, 2.45) is 0 Å². The second-order valence-corrected chi connectivity index (χ2v) is 5.78. The smallest absolute Gasteiger partial charge is 0.326 e. The van der Waals surface area contributed by atoms with Gasteiger partial charge in [-0.3, -0.25) is 14.9 Å². The van der Waals surface area contributed by atoms with Crippen LogP contribution in [0.1, 0.15) is 36.2 Å². The van der Waals surface area contributed by atoms with Gasteiger partial charge in [-0.15, -0.1) is 0 Å². The highest BCUT2D eigenvalue weighted by molar-refractivity contribution is 6.07. The summed E-state index contributed by atoms with van der Waals surface area (Å²) in [5, 5.41) is 16.3. The molecule has 1 aromatic rings. The highest BCUT2D eigenvalue weighted by Crippen LogP contribution is 2.25. The van der Waals surface area contributed by atoms with Crippen molar-refractivity contribution in [2.75, 3.05) is 0 Å². The summed E-state index contributed by atoms with van der Waals surface area (Å²) in [5.41, 5.74) is -0.673. The van der Waals surface area contributed by atoms with Gasteiger partial charge in [0.25, 0.3) is 11.8 Å². The number of nitrogens with one attached hydrogen (secondary N) is 3. The summed E-state index contributed by atoms with van der Waals surface area (Å²) in [5.74, 6) is -2.24. The highest BCUT2D eigenvalue weighted by Gasteiger charge is 2.43. The largest absolute Gasteiger partial charge is 0.480 e. The predicted molar refractivity (Wildman–Crippen MR) is 88.8 cm³/mol. The molecule has 1 fully saturated rings. The van der Waals surface area contributed by atoms with E-state index in [4.69, 9.17) is 0 Å². The molecule has 1 saturated heterocycles. The SMILES string of the molecule is C/C=C/CC(NC(=O)c1cccc(C2(C)NC(=O)NC2=O)c1)C(=O)O. The Kier molecular flexibility index (Phi) is 5.21. The minimum absolute atomic E-state index is 0.160. The van der Waals surface area contributed by atoms with Gasteiger partial charge in [-0.05, 0) is 38.0 Å². The quantitative estimate of drug-likeness (QED) is 0.450. The Labute approximate surface area is 144 Å². The topological polar surface area (TPSA) is 125 Å².